The van der Waals surface area contributed by atoms with Crippen LogP contribution in [0.5, 0.6) is 0 Å². The molecule has 0 amide bonds. The normalized spacial score (nSPS) is 12.0. The van der Waals surface area contributed by atoms with Crippen molar-refractivity contribution in [3.63, 3.8) is 0 Å². The van der Waals surface area contributed by atoms with Crippen molar-refractivity contribution in [2.45, 2.75) is 6.92 Å². The van der Waals surface area contributed by atoms with Gasteiger partial charge >= 0.3 is 78.6 Å². The zero-order chi connectivity index (χ0) is 5.91. The van der Waals surface area contributed by atoms with Crippen molar-refractivity contribution in [3.8, 4) is 0 Å². The first-order valence-electron chi connectivity index (χ1n) is 1.77. The van der Waals surface area contributed by atoms with Crippen molar-refractivity contribution >= 4 is 54.1 Å². The Morgan fingerprint density at radius 2 is 1.86 bits per heavy atom. The topological polar surface area (TPSA) is 9.23 Å². The first-order valence-corrected chi connectivity index (χ1v) is 24.7. The molecule has 0 aromatic carbocycles. The molecule has 0 saturated heterocycles. The summed E-state index contributed by atoms with van der Waals surface area (Å²) in [5, 5.41) is 0. The van der Waals surface area contributed by atoms with Crippen LogP contribution in [0.1, 0.15) is 6.92 Å². The van der Waals surface area contributed by atoms with E-state index >= 15 is 0 Å². The molecule has 0 unspecified atom stereocenters. The molecule has 0 heterocycles. The van der Waals surface area contributed by atoms with Gasteiger partial charge < -0.3 is 0 Å². The molecule has 0 aliphatic rings. The first kappa shape index (κ1) is 10.0. The third-order valence-electron chi connectivity index (χ3n) is 0.308. The molecule has 1 nitrogen and oxygen atoms in total. The molecule has 0 aliphatic heterocycles. The minimum atomic E-state index is -1.87. The molecule has 0 rings (SSSR count). The molecule has 0 saturated carbocycles. The summed E-state index contributed by atoms with van der Waals surface area (Å²) in [6.07, 6.45) is 0. The fraction of sp³-hybridized carbons (Fsp3) is 1.00. The zero-order valence-corrected chi connectivity index (χ0v) is 12.7. The molecule has 0 N–H and O–H groups in total. The maximum absolute atomic E-state index is 5.40. The van der Waals surface area contributed by atoms with Crippen molar-refractivity contribution in [2.75, 3.05) is 6.61 Å². The molecule has 0 bridgehead atoms. The van der Waals surface area contributed by atoms with Gasteiger partial charge in [0.05, 0.1) is 0 Å². The summed E-state index contributed by atoms with van der Waals surface area (Å²) in [5.41, 5.74) is 0. The molecule has 0 spiro atoms. The average molecular weight is 517 g/mol. The second-order valence-corrected chi connectivity index (χ2v) is 67.4. The van der Waals surface area contributed by atoms with E-state index in [2.05, 4.69) is 54.1 Å². The van der Waals surface area contributed by atoms with Gasteiger partial charge in [-0.25, -0.2) is 0 Å². The van der Waals surface area contributed by atoms with Crippen molar-refractivity contribution < 1.29 is 10.9 Å². The summed E-state index contributed by atoms with van der Waals surface area (Å²) >= 11 is 7.31. The van der Waals surface area contributed by atoms with Gasteiger partial charge in [0.2, 0.25) is 0 Å². The Balaban J connectivity index is 3.15. The minimum absolute atomic E-state index is 0.880. The van der Waals surface area contributed by atoms with E-state index in [-0.39, 0.29) is 0 Å². The Bertz CT molecular complexity index is 51.4. The molecule has 0 radical (unpaired) electrons. The van der Waals surface area contributed by atoms with Crippen LogP contribution in [0.2, 0.25) is 0 Å². The number of rotatable bonds is 2. The average Bonchev–Trinajstić information content (AvgIpc) is 1.30. The SMILES string of the molecule is CC[O][Zr]([I])([I])[I]. The van der Waals surface area contributed by atoms with Gasteiger partial charge in [-0.05, 0) is 0 Å². The summed E-state index contributed by atoms with van der Waals surface area (Å²) in [6, 6.07) is 0. The van der Waals surface area contributed by atoms with E-state index in [1.165, 1.54) is 0 Å². The van der Waals surface area contributed by atoms with Crippen LogP contribution < -0.4 is 0 Å². The number of hydrogen-bond donors (Lipinski definition) is 0. The molecule has 44 valence electrons. The maximum atomic E-state index is 5.40. The zero-order valence-electron chi connectivity index (χ0n) is 3.75. The Labute approximate surface area is 76.4 Å². The van der Waals surface area contributed by atoms with Gasteiger partial charge in [0, 0.05) is 0 Å². The van der Waals surface area contributed by atoms with Crippen LogP contribution in [0.25, 0.3) is 0 Å². The molecule has 5 heteroatoms. The summed E-state index contributed by atoms with van der Waals surface area (Å²) in [6.45, 7) is 2.92. The van der Waals surface area contributed by atoms with Crippen LogP contribution in [0.3, 0.4) is 0 Å². The molecule has 0 fully saturated rings. The molecule has 0 aromatic rings. The van der Waals surface area contributed by atoms with Gasteiger partial charge in [0.25, 0.3) is 0 Å². The number of halogens is 3. The van der Waals surface area contributed by atoms with Gasteiger partial charge in [-0.2, -0.15) is 0 Å². The van der Waals surface area contributed by atoms with Gasteiger partial charge in [-0.3, -0.25) is 0 Å². The second-order valence-electron chi connectivity index (χ2n) is 0.879. The van der Waals surface area contributed by atoms with Crippen LogP contribution in [0.15, 0.2) is 0 Å². The Hall–Kier alpha value is 3.03. The molecule has 0 aromatic heterocycles. The Kier molecular flexibility index (Phi) is 6.86. The van der Waals surface area contributed by atoms with E-state index in [1.807, 2.05) is 6.92 Å². The summed E-state index contributed by atoms with van der Waals surface area (Å²) in [7, 11) is -1.87. The standard InChI is InChI=1S/C2H5O.3HI.Zr/c1-2-3;;;;/h2H2,1H3;3*1H;/q-1;;;;+4/p-3. The second kappa shape index (κ2) is 4.79. The Morgan fingerprint density at radius 1 is 1.43 bits per heavy atom. The van der Waals surface area contributed by atoms with Crippen LogP contribution in [0, 0.1) is 0 Å². The number of hydrogen-bond acceptors (Lipinski definition) is 1. The monoisotopic (exact) mass is 516 g/mol. The third-order valence-corrected chi connectivity index (χ3v) is 7.35. The van der Waals surface area contributed by atoms with Gasteiger partial charge in [0.15, 0.2) is 0 Å². The van der Waals surface area contributed by atoms with Crippen LogP contribution >= 0.6 is 54.1 Å². The van der Waals surface area contributed by atoms with Crippen LogP contribution in [-0.4, -0.2) is 6.61 Å². The summed E-state index contributed by atoms with van der Waals surface area (Å²) in [5.74, 6) is 0. The van der Waals surface area contributed by atoms with Crippen molar-refractivity contribution in [3.05, 3.63) is 0 Å². The van der Waals surface area contributed by atoms with E-state index in [0.717, 1.165) is 6.61 Å². The van der Waals surface area contributed by atoms with Crippen LogP contribution in [-0.2, 0) is 10.9 Å². The molecule has 7 heavy (non-hydrogen) atoms. The van der Waals surface area contributed by atoms with E-state index < -0.39 is 8.14 Å². The predicted octanol–water partition coefficient (Wildman–Crippen LogP) is 3.14. The summed E-state index contributed by atoms with van der Waals surface area (Å²) in [4.78, 5) is 0. The van der Waals surface area contributed by atoms with E-state index in [4.69, 9.17) is 2.81 Å². The Morgan fingerprint density at radius 3 is 1.86 bits per heavy atom. The molecular formula is C2H5I3OZr. The van der Waals surface area contributed by atoms with E-state index in [9.17, 15) is 0 Å². The molecular weight excluding hydrogens is 512 g/mol. The molecule has 0 aliphatic carbocycles. The van der Waals surface area contributed by atoms with Crippen molar-refractivity contribution in [1.82, 2.24) is 0 Å². The fourth-order valence-corrected chi connectivity index (χ4v) is 6.50. The summed E-state index contributed by atoms with van der Waals surface area (Å²) < 4.78 is 5.40. The van der Waals surface area contributed by atoms with Crippen molar-refractivity contribution in [1.29, 1.82) is 0 Å². The fourth-order valence-electron chi connectivity index (χ4n) is 0.164. The van der Waals surface area contributed by atoms with Crippen molar-refractivity contribution in [2.24, 2.45) is 0 Å². The third kappa shape index (κ3) is 9.03. The van der Waals surface area contributed by atoms with Gasteiger partial charge in [0.1, 0.15) is 0 Å². The van der Waals surface area contributed by atoms with Gasteiger partial charge in [-0.1, -0.05) is 0 Å². The van der Waals surface area contributed by atoms with E-state index in [0.29, 0.717) is 0 Å². The van der Waals surface area contributed by atoms with Gasteiger partial charge in [-0.15, -0.1) is 0 Å². The predicted molar refractivity (Wildman–Crippen MR) is 53.7 cm³/mol. The van der Waals surface area contributed by atoms with Crippen LogP contribution in [0.4, 0.5) is 0 Å². The molecule has 0 atom stereocenters. The first-order chi connectivity index (χ1) is 3.06. The quantitative estimate of drug-likeness (QED) is 0.513. The van der Waals surface area contributed by atoms with E-state index in [1.54, 1.807) is 0 Å².